The summed E-state index contributed by atoms with van der Waals surface area (Å²) in [6.45, 7) is 8.65. The van der Waals surface area contributed by atoms with Crippen molar-refractivity contribution < 1.29 is 24.2 Å². The van der Waals surface area contributed by atoms with Crippen LogP contribution in [0.4, 0.5) is 5.13 Å². The van der Waals surface area contributed by atoms with Crippen LogP contribution in [-0.2, 0) is 16.0 Å². The summed E-state index contributed by atoms with van der Waals surface area (Å²) >= 11 is 1.36. The molecule has 7 nitrogen and oxygen atoms in total. The number of hydrogen-bond donors (Lipinski definition) is 1. The van der Waals surface area contributed by atoms with Gasteiger partial charge in [0.2, 0.25) is 0 Å². The summed E-state index contributed by atoms with van der Waals surface area (Å²) in [7, 11) is 0. The molecule has 0 spiro atoms. The summed E-state index contributed by atoms with van der Waals surface area (Å²) in [5.41, 5.74) is 4.99. The predicted octanol–water partition coefficient (Wildman–Crippen LogP) is 7.04. The molecule has 0 saturated carbocycles. The number of thiazole rings is 1. The third-order valence-corrected chi connectivity index (χ3v) is 8.58. The van der Waals surface area contributed by atoms with Crippen molar-refractivity contribution in [1.82, 2.24) is 4.98 Å². The van der Waals surface area contributed by atoms with Crippen molar-refractivity contribution in [2.24, 2.45) is 0 Å². The van der Waals surface area contributed by atoms with Crippen LogP contribution in [0.5, 0.6) is 11.5 Å². The highest BCUT2D eigenvalue weighted by Gasteiger charge is 2.48. The second-order valence-corrected chi connectivity index (χ2v) is 11.8. The molecule has 41 heavy (non-hydrogen) atoms. The Labute approximate surface area is 243 Å². The number of rotatable bonds is 7. The van der Waals surface area contributed by atoms with Crippen molar-refractivity contribution in [3.63, 3.8) is 0 Å². The van der Waals surface area contributed by atoms with Gasteiger partial charge in [0.1, 0.15) is 23.4 Å². The maximum absolute atomic E-state index is 13.7. The third kappa shape index (κ3) is 4.86. The third-order valence-electron chi connectivity index (χ3n) is 7.58. The fraction of sp³-hybridized carbons (Fsp3) is 0.303. The van der Waals surface area contributed by atoms with Gasteiger partial charge in [0.15, 0.2) is 5.13 Å². The molecule has 2 aliphatic heterocycles. The van der Waals surface area contributed by atoms with Crippen LogP contribution in [0.2, 0.25) is 0 Å². The first-order chi connectivity index (χ1) is 19.7. The van der Waals surface area contributed by atoms with E-state index in [2.05, 4.69) is 6.92 Å². The number of hydrogen-bond acceptors (Lipinski definition) is 7. The van der Waals surface area contributed by atoms with Crippen LogP contribution in [-0.4, -0.2) is 34.5 Å². The summed E-state index contributed by atoms with van der Waals surface area (Å²) in [5.74, 6) is -0.282. The highest BCUT2D eigenvalue weighted by atomic mass is 32.1. The SMILES string of the molecule is CCCCOc1cccc(C2/C(=C(/O)c3ccc4c(c3)CC(C)O4)C(=O)C(=O)N2c2nc3c(C)cc(C)cc3s2)c1. The van der Waals surface area contributed by atoms with Gasteiger partial charge < -0.3 is 14.6 Å². The number of ether oxygens (including phenoxy) is 2. The van der Waals surface area contributed by atoms with Gasteiger partial charge in [-0.05, 0) is 85.8 Å². The first kappa shape index (κ1) is 27.0. The minimum Gasteiger partial charge on any atom is -0.507 e. The van der Waals surface area contributed by atoms with E-state index in [1.54, 1.807) is 12.1 Å². The number of ketones is 1. The summed E-state index contributed by atoms with van der Waals surface area (Å²) < 4.78 is 12.7. The Morgan fingerprint density at radius 1 is 1.15 bits per heavy atom. The quantitative estimate of drug-likeness (QED) is 0.111. The van der Waals surface area contributed by atoms with Crippen molar-refractivity contribution in [3.8, 4) is 11.5 Å². The average Bonchev–Trinajstić information content (AvgIpc) is 3.61. The maximum atomic E-state index is 13.7. The van der Waals surface area contributed by atoms with E-state index in [0.29, 0.717) is 35.0 Å². The molecule has 1 N–H and O–H groups in total. The standard InChI is InChI=1S/C33H32N2O5S/c1-5-6-12-39-24-9-7-8-21(17-24)29-27(30(36)22-10-11-25-23(16-22)15-20(4)40-25)31(37)32(38)35(29)33-34-28-19(3)13-18(2)14-26(28)41-33/h7-11,13-14,16-17,20,29,36H,5-6,12,15H2,1-4H3/b30-27-. The molecule has 1 aromatic heterocycles. The monoisotopic (exact) mass is 568 g/mol. The van der Waals surface area contributed by atoms with Crippen LogP contribution in [0.1, 0.15) is 60.5 Å². The molecular formula is C33H32N2O5S. The van der Waals surface area contributed by atoms with Crippen molar-refractivity contribution in [2.45, 2.75) is 59.1 Å². The van der Waals surface area contributed by atoms with Gasteiger partial charge in [0.05, 0.1) is 28.4 Å². The molecule has 4 aromatic rings. The maximum Gasteiger partial charge on any atom is 0.301 e. The van der Waals surface area contributed by atoms with E-state index >= 15 is 0 Å². The lowest BCUT2D eigenvalue weighted by molar-refractivity contribution is -0.132. The average molecular weight is 569 g/mol. The van der Waals surface area contributed by atoms with Crippen LogP contribution in [0.15, 0.2) is 60.2 Å². The summed E-state index contributed by atoms with van der Waals surface area (Å²) in [6, 6.07) is 16.0. The van der Waals surface area contributed by atoms with Gasteiger partial charge in [-0.3, -0.25) is 14.5 Å². The van der Waals surface area contributed by atoms with Gasteiger partial charge in [-0.15, -0.1) is 0 Å². The lowest BCUT2D eigenvalue weighted by atomic mass is 9.94. The number of fused-ring (bicyclic) bond motifs is 2. The van der Waals surface area contributed by atoms with Gasteiger partial charge >= 0.3 is 5.91 Å². The highest BCUT2D eigenvalue weighted by molar-refractivity contribution is 7.22. The lowest BCUT2D eigenvalue weighted by Crippen LogP contribution is -2.29. The molecule has 2 aliphatic rings. The Kier molecular flexibility index (Phi) is 7.03. The van der Waals surface area contributed by atoms with Crippen LogP contribution in [0, 0.1) is 13.8 Å². The summed E-state index contributed by atoms with van der Waals surface area (Å²) in [4.78, 5) is 33.7. The number of aliphatic hydroxyl groups is 1. The summed E-state index contributed by atoms with van der Waals surface area (Å²) in [6.07, 6.45) is 2.65. The smallest absolute Gasteiger partial charge is 0.301 e. The zero-order valence-corrected chi connectivity index (χ0v) is 24.4. The van der Waals surface area contributed by atoms with Gasteiger partial charge in [-0.2, -0.15) is 0 Å². The van der Waals surface area contributed by atoms with E-state index in [-0.39, 0.29) is 17.4 Å². The van der Waals surface area contributed by atoms with Crippen molar-refractivity contribution in [3.05, 3.63) is 88.0 Å². The van der Waals surface area contributed by atoms with Crippen molar-refractivity contribution in [1.29, 1.82) is 0 Å². The molecule has 210 valence electrons. The molecular weight excluding hydrogens is 536 g/mol. The largest absolute Gasteiger partial charge is 0.507 e. The minimum atomic E-state index is -0.880. The number of anilines is 1. The number of aromatic nitrogens is 1. The van der Waals surface area contributed by atoms with E-state index in [9.17, 15) is 14.7 Å². The second-order valence-electron chi connectivity index (χ2n) is 10.8. The first-order valence-corrected chi connectivity index (χ1v) is 14.8. The summed E-state index contributed by atoms with van der Waals surface area (Å²) in [5, 5.41) is 12.1. The molecule has 2 unspecified atom stereocenters. The van der Waals surface area contributed by atoms with E-state index < -0.39 is 17.7 Å². The number of carbonyl (C=O) groups excluding carboxylic acids is 2. The van der Waals surface area contributed by atoms with Crippen LogP contribution in [0.3, 0.4) is 0 Å². The number of benzene rings is 3. The van der Waals surface area contributed by atoms with Gasteiger partial charge in [0.25, 0.3) is 5.78 Å². The molecule has 1 saturated heterocycles. The predicted molar refractivity (Wildman–Crippen MR) is 161 cm³/mol. The molecule has 0 aliphatic carbocycles. The Hall–Kier alpha value is -4.17. The zero-order chi connectivity index (χ0) is 28.8. The minimum absolute atomic E-state index is 0.0276. The number of aryl methyl sites for hydroxylation is 2. The Morgan fingerprint density at radius 3 is 2.78 bits per heavy atom. The fourth-order valence-electron chi connectivity index (χ4n) is 5.64. The van der Waals surface area contributed by atoms with Crippen molar-refractivity contribution in [2.75, 3.05) is 11.5 Å². The number of Topliss-reactive ketones (excluding diaryl/α,β-unsaturated/α-hetero) is 1. The molecule has 0 bridgehead atoms. The first-order valence-electron chi connectivity index (χ1n) is 14.0. The Balaban J connectivity index is 1.51. The van der Waals surface area contributed by atoms with Crippen LogP contribution >= 0.6 is 11.3 Å². The molecule has 1 amide bonds. The number of carbonyl (C=O) groups is 2. The number of amides is 1. The van der Waals surface area contributed by atoms with E-state index in [1.807, 2.05) is 63.2 Å². The van der Waals surface area contributed by atoms with Gasteiger partial charge in [-0.1, -0.05) is 42.9 Å². The fourth-order valence-corrected chi connectivity index (χ4v) is 6.81. The molecule has 8 heteroatoms. The van der Waals surface area contributed by atoms with Crippen LogP contribution < -0.4 is 14.4 Å². The molecule has 0 radical (unpaired) electrons. The zero-order valence-electron chi connectivity index (χ0n) is 23.6. The van der Waals surface area contributed by atoms with Gasteiger partial charge in [-0.25, -0.2) is 4.98 Å². The van der Waals surface area contributed by atoms with E-state index in [4.69, 9.17) is 14.5 Å². The Bertz CT molecular complexity index is 1720. The topological polar surface area (TPSA) is 89.0 Å². The van der Waals surface area contributed by atoms with Gasteiger partial charge in [0, 0.05) is 12.0 Å². The normalized spacial score (nSPS) is 19.6. The van der Waals surface area contributed by atoms with Crippen molar-refractivity contribution >= 4 is 44.1 Å². The number of aliphatic hydroxyl groups excluding tert-OH is 1. The molecule has 3 heterocycles. The highest BCUT2D eigenvalue weighted by Crippen LogP contribution is 2.45. The lowest BCUT2D eigenvalue weighted by Gasteiger charge is -2.23. The van der Waals surface area contributed by atoms with Crippen LogP contribution in [0.25, 0.3) is 16.0 Å². The number of unbranched alkanes of at least 4 members (excludes halogenated alkanes) is 1. The molecule has 2 atom stereocenters. The van der Waals surface area contributed by atoms with E-state index in [0.717, 1.165) is 45.5 Å². The molecule has 1 fully saturated rings. The Morgan fingerprint density at radius 2 is 1.98 bits per heavy atom. The molecule has 3 aromatic carbocycles. The van der Waals surface area contributed by atoms with E-state index in [1.165, 1.54) is 16.2 Å². The second kappa shape index (κ2) is 10.7. The molecule has 6 rings (SSSR count). The number of nitrogens with zero attached hydrogens (tertiary/aromatic N) is 2.